The van der Waals surface area contributed by atoms with Crippen LogP contribution in [0.1, 0.15) is 64.7 Å². The first kappa shape index (κ1) is 40.8. The van der Waals surface area contributed by atoms with Gasteiger partial charge in [-0.1, -0.05) is 108 Å². The van der Waals surface area contributed by atoms with Crippen LogP contribution in [0, 0.1) is 10.8 Å². The van der Waals surface area contributed by atoms with Gasteiger partial charge >= 0.3 is 12.1 Å². The molecule has 0 saturated carbocycles. The Balaban J connectivity index is 1.60. The fourth-order valence-electron chi connectivity index (χ4n) is 6.80. The first-order valence-corrected chi connectivity index (χ1v) is 18.2. The lowest BCUT2D eigenvalue weighted by molar-refractivity contribution is -0.131. The van der Waals surface area contributed by atoms with Crippen molar-refractivity contribution >= 4 is 23.9 Å². The first-order valence-electron chi connectivity index (χ1n) is 18.2. The van der Waals surface area contributed by atoms with Crippen LogP contribution < -0.4 is 16.0 Å². The van der Waals surface area contributed by atoms with Gasteiger partial charge in [0.1, 0.15) is 12.1 Å². The fourth-order valence-corrected chi connectivity index (χ4v) is 6.80. The number of aliphatic hydroxyl groups excluding tert-OH is 1. The van der Waals surface area contributed by atoms with Crippen molar-refractivity contribution in [2.75, 3.05) is 20.2 Å². The summed E-state index contributed by atoms with van der Waals surface area (Å²) in [4.78, 5) is 61.7. The van der Waals surface area contributed by atoms with Gasteiger partial charge in [-0.15, -0.1) is 0 Å². The number of hydrogen-bond donors (Lipinski definition) is 4. The van der Waals surface area contributed by atoms with Gasteiger partial charge in [-0.25, -0.2) is 9.59 Å². The molecule has 3 aromatic rings. The number of nitrogens with one attached hydrogen (secondary N) is 3. The van der Waals surface area contributed by atoms with Gasteiger partial charge in [-0.05, 0) is 52.8 Å². The molecule has 0 spiro atoms. The quantitative estimate of drug-likeness (QED) is 0.177. The highest BCUT2D eigenvalue weighted by Crippen LogP contribution is 2.29. The van der Waals surface area contributed by atoms with Crippen LogP contribution in [0.5, 0.6) is 0 Å². The van der Waals surface area contributed by atoms with Gasteiger partial charge in [0.2, 0.25) is 11.8 Å². The summed E-state index contributed by atoms with van der Waals surface area (Å²) in [5, 5.41) is 20.9. The molecule has 0 radical (unpaired) electrons. The molecule has 2 heterocycles. The van der Waals surface area contributed by atoms with Crippen molar-refractivity contribution in [3.05, 3.63) is 102 Å². The lowest BCUT2D eigenvalue weighted by Gasteiger charge is -2.38. The number of urea groups is 1. The Labute approximate surface area is 313 Å². The van der Waals surface area contributed by atoms with E-state index in [0.29, 0.717) is 32.5 Å². The first-order chi connectivity index (χ1) is 25.1. The Morgan fingerprint density at radius 3 is 1.94 bits per heavy atom. The van der Waals surface area contributed by atoms with Crippen LogP contribution in [0.15, 0.2) is 85.2 Å². The number of aromatic nitrogens is 1. The van der Waals surface area contributed by atoms with Crippen molar-refractivity contribution in [3.63, 3.8) is 0 Å². The van der Waals surface area contributed by atoms with Crippen molar-refractivity contribution in [2.45, 2.75) is 97.6 Å². The predicted molar refractivity (Wildman–Crippen MR) is 204 cm³/mol. The van der Waals surface area contributed by atoms with Crippen LogP contribution in [-0.2, 0) is 33.7 Å². The molecule has 0 aliphatic carbocycles. The highest BCUT2D eigenvalue weighted by molar-refractivity contribution is 5.89. The molecule has 5 unspecified atom stereocenters. The molecule has 53 heavy (non-hydrogen) atoms. The van der Waals surface area contributed by atoms with Crippen molar-refractivity contribution < 1.29 is 29.0 Å². The van der Waals surface area contributed by atoms with Gasteiger partial charge in [-0.2, -0.15) is 0 Å². The Morgan fingerprint density at radius 1 is 0.792 bits per heavy atom. The molecule has 0 bridgehead atoms. The molecule has 4 N–H and O–H groups in total. The van der Waals surface area contributed by atoms with E-state index in [4.69, 9.17) is 4.74 Å². The van der Waals surface area contributed by atoms with Crippen LogP contribution in [0.2, 0.25) is 0 Å². The Hall–Kier alpha value is -4.97. The minimum absolute atomic E-state index is 0.0925. The third-order valence-corrected chi connectivity index (χ3v) is 9.47. The molecule has 12 nitrogen and oxygen atoms in total. The zero-order chi connectivity index (χ0) is 38.8. The van der Waals surface area contributed by atoms with E-state index in [-0.39, 0.29) is 18.4 Å². The molecule has 4 rings (SSSR count). The van der Waals surface area contributed by atoms with E-state index in [1.54, 1.807) is 22.2 Å². The molecule has 2 aromatic carbocycles. The smallest absolute Gasteiger partial charge is 0.407 e. The topological polar surface area (TPSA) is 153 Å². The maximum Gasteiger partial charge on any atom is 0.407 e. The van der Waals surface area contributed by atoms with E-state index in [2.05, 4.69) is 20.9 Å². The van der Waals surface area contributed by atoms with E-state index in [9.17, 15) is 24.3 Å². The summed E-state index contributed by atoms with van der Waals surface area (Å²) in [6.45, 7) is 12.5. The molecule has 1 aromatic heterocycles. The van der Waals surface area contributed by atoms with Crippen molar-refractivity contribution in [1.82, 2.24) is 30.7 Å². The van der Waals surface area contributed by atoms with Crippen LogP contribution in [0.3, 0.4) is 0 Å². The number of nitrogens with zero attached hydrogens (tertiary/aromatic N) is 3. The van der Waals surface area contributed by atoms with E-state index in [0.717, 1.165) is 16.7 Å². The zero-order valence-corrected chi connectivity index (χ0v) is 32.0. The third-order valence-electron chi connectivity index (χ3n) is 9.47. The zero-order valence-electron chi connectivity index (χ0n) is 32.0. The van der Waals surface area contributed by atoms with E-state index in [1.165, 1.54) is 7.11 Å². The second kappa shape index (κ2) is 18.2. The molecule has 5 amide bonds. The van der Waals surface area contributed by atoms with Gasteiger partial charge < -0.3 is 35.6 Å². The number of carbonyl (C=O) groups excluding carboxylic acids is 4. The number of amides is 5. The summed E-state index contributed by atoms with van der Waals surface area (Å²) < 4.78 is 4.80. The number of methoxy groups -OCH3 is 1. The molecule has 1 saturated heterocycles. The summed E-state index contributed by atoms with van der Waals surface area (Å²) in [7, 11) is 1.24. The molecular weight excluding hydrogens is 672 g/mol. The minimum Gasteiger partial charge on any atom is -0.453 e. The number of alkyl carbamates (subject to hydrolysis) is 1. The van der Waals surface area contributed by atoms with Gasteiger partial charge in [0, 0.05) is 38.1 Å². The number of benzene rings is 2. The van der Waals surface area contributed by atoms with Crippen LogP contribution in [-0.4, -0.2) is 94.3 Å². The number of aliphatic hydroxyl groups is 1. The maximum absolute atomic E-state index is 14.4. The lowest BCUT2D eigenvalue weighted by Crippen LogP contribution is -2.59. The number of ether oxygens (including phenoxy) is 1. The van der Waals surface area contributed by atoms with Crippen molar-refractivity contribution in [1.29, 1.82) is 0 Å². The standard InChI is InChI=1S/C41H56N6O6/c1-40(2,3)34(45-38(51)53-7)36(49)43-31(23-28-15-10-8-11-16-28)25-33(48)32(24-29-17-12-9-13-18-29)44-37(50)35(41(4,5)6)47-22-21-46(39(47)52)27-30-19-14-20-42-26-30/h8-20,26,31-35,48H,21-25,27H2,1-7H3,(H,43,49)(H,44,50)(H,45,51). The number of hydrogen-bond acceptors (Lipinski definition) is 7. The summed E-state index contributed by atoms with van der Waals surface area (Å²) in [5.74, 6) is -0.788. The van der Waals surface area contributed by atoms with E-state index in [1.807, 2.05) is 114 Å². The highest BCUT2D eigenvalue weighted by Gasteiger charge is 2.44. The fraction of sp³-hybridized carbons (Fsp3) is 0.488. The average molecular weight is 729 g/mol. The maximum atomic E-state index is 14.4. The Morgan fingerprint density at radius 2 is 1.40 bits per heavy atom. The van der Waals surface area contributed by atoms with Gasteiger partial charge in [0.25, 0.3) is 0 Å². The monoisotopic (exact) mass is 728 g/mol. The SMILES string of the molecule is COC(=O)NC(C(=O)NC(Cc1ccccc1)CC(O)C(Cc1ccccc1)NC(=O)C(N1CCN(Cc2cccnc2)C1=O)C(C)(C)C)C(C)(C)C. The number of pyridine rings is 1. The summed E-state index contributed by atoms with van der Waals surface area (Å²) in [6, 6.07) is 19.6. The van der Waals surface area contributed by atoms with Gasteiger partial charge in [0.15, 0.2) is 0 Å². The van der Waals surface area contributed by atoms with E-state index < -0.39 is 53.1 Å². The number of rotatable bonds is 15. The van der Waals surface area contributed by atoms with Crippen LogP contribution in [0.25, 0.3) is 0 Å². The summed E-state index contributed by atoms with van der Waals surface area (Å²) in [6.07, 6.45) is 2.38. The van der Waals surface area contributed by atoms with Crippen LogP contribution >= 0.6 is 0 Å². The Bertz CT molecular complexity index is 1640. The van der Waals surface area contributed by atoms with Crippen LogP contribution in [0.4, 0.5) is 9.59 Å². The Kier molecular flexibility index (Phi) is 14.0. The van der Waals surface area contributed by atoms with Crippen molar-refractivity contribution in [3.8, 4) is 0 Å². The summed E-state index contributed by atoms with van der Waals surface area (Å²) >= 11 is 0. The van der Waals surface area contributed by atoms with E-state index >= 15 is 0 Å². The molecule has 5 atom stereocenters. The van der Waals surface area contributed by atoms with Gasteiger partial charge in [-0.3, -0.25) is 14.6 Å². The second-order valence-corrected chi connectivity index (χ2v) is 16.0. The average Bonchev–Trinajstić information content (AvgIpc) is 3.45. The molecule has 286 valence electrons. The van der Waals surface area contributed by atoms with Gasteiger partial charge in [0.05, 0.1) is 19.3 Å². The molecule has 12 heteroatoms. The van der Waals surface area contributed by atoms with Crippen molar-refractivity contribution in [2.24, 2.45) is 10.8 Å². The third kappa shape index (κ3) is 11.8. The lowest BCUT2D eigenvalue weighted by atomic mass is 9.84. The molecular formula is C41H56N6O6. The highest BCUT2D eigenvalue weighted by atomic mass is 16.5. The normalized spacial score (nSPS) is 16.3. The second-order valence-electron chi connectivity index (χ2n) is 16.0. The molecule has 1 fully saturated rings. The largest absolute Gasteiger partial charge is 0.453 e. The minimum atomic E-state index is -1.10. The summed E-state index contributed by atoms with van der Waals surface area (Å²) in [5.41, 5.74) is 1.46. The molecule has 1 aliphatic heterocycles. The number of carbonyl (C=O) groups is 4. The molecule has 1 aliphatic rings. The predicted octanol–water partition coefficient (Wildman–Crippen LogP) is 4.71.